The molecule has 2 N–H and O–H groups in total. The van der Waals surface area contributed by atoms with Gasteiger partial charge in [0.2, 0.25) is 0 Å². The van der Waals surface area contributed by atoms with Gasteiger partial charge in [-0.3, -0.25) is 4.99 Å². The highest BCUT2D eigenvalue weighted by Gasteiger charge is 2.25. The minimum atomic E-state index is -0.0854. The van der Waals surface area contributed by atoms with E-state index in [1.807, 2.05) is 11.8 Å². The van der Waals surface area contributed by atoms with Gasteiger partial charge in [0.1, 0.15) is 0 Å². The summed E-state index contributed by atoms with van der Waals surface area (Å²) in [6.07, 6.45) is 4.09. The SMILES string of the molecule is CCNC(=NCCCN1CCC(O)CC1)N1CCC(CSc2ccccc2)C1. The molecule has 1 aromatic carbocycles. The van der Waals surface area contributed by atoms with E-state index >= 15 is 0 Å². The predicted octanol–water partition coefficient (Wildman–Crippen LogP) is 2.91. The smallest absolute Gasteiger partial charge is 0.193 e. The van der Waals surface area contributed by atoms with Gasteiger partial charge in [0.05, 0.1) is 6.10 Å². The number of rotatable bonds is 8. The van der Waals surface area contributed by atoms with Crippen LogP contribution in [0, 0.1) is 5.92 Å². The lowest BCUT2D eigenvalue weighted by Gasteiger charge is -2.29. The monoisotopic (exact) mass is 404 g/mol. The molecular formula is C22H36N4OS. The lowest BCUT2D eigenvalue weighted by Crippen LogP contribution is -2.40. The number of aliphatic hydroxyl groups excluding tert-OH is 1. The van der Waals surface area contributed by atoms with Crippen LogP contribution in [0.5, 0.6) is 0 Å². The van der Waals surface area contributed by atoms with Gasteiger partial charge >= 0.3 is 0 Å². The van der Waals surface area contributed by atoms with Crippen molar-refractivity contribution in [2.45, 2.75) is 43.6 Å². The summed E-state index contributed by atoms with van der Waals surface area (Å²) >= 11 is 1.97. The fraction of sp³-hybridized carbons (Fsp3) is 0.682. The molecule has 5 nitrogen and oxygen atoms in total. The van der Waals surface area contributed by atoms with Gasteiger partial charge in [0.15, 0.2) is 5.96 Å². The Labute approximate surface area is 174 Å². The maximum Gasteiger partial charge on any atom is 0.193 e. The minimum absolute atomic E-state index is 0.0854. The number of thioether (sulfide) groups is 1. The molecule has 0 amide bonds. The van der Waals surface area contributed by atoms with E-state index < -0.39 is 0 Å². The summed E-state index contributed by atoms with van der Waals surface area (Å²) in [6, 6.07) is 10.7. The molecule has 3 rings (SSSR count). The Bertz CT molecular complexity index is 589. The molecule has 0 spiro atoms. The third-order valence-corrected chi connectivity index (χ3v) is 6.84. The number of hydrogen-bond donors (Lipinski definition) is 2. The van der Waals surface area contributed by atoms with E-state index in [4.69, 9.17) is 4.99 Å². The van der Waals surface area contributed by atoms with Crippen molar-refractivity contribution in [3.8, 4) is 0 Å². The molecule has 2 aliphatic heterocycles. The van der Waals surface area contributed by atoms with Gasteiger partial charge in [-0.25, -0.2) is 0 Å². The van der Waals surface area contributed by atoms with Crippen LogP contribution in [0.1, 0.15) is 32.6 Å². The first kappa shape index (κ1) is 21.5. The molecule has 2 aliphatic rings. The molecule has 2 fully saturated rings. The van der Waals surface area contributed by atoms with Crippen LogP contribution in [0.4, 0.5) is 0 Å². The summed E-state index contributed by atoms with van der Waals surface area (Å²) in [5.74, 6) is 3.00. The summed E-state index contributed by atoms with van der Waals surface area (Å²) in [6.45, 7) is 9.30. The summed E-state index contributed by atoms with van der Waals surface area (Å²) in [7, 11) is 0. The second kappa shape index (κ2) is 11.7. The van der Waals surface area contributed by atoms with Crippen molar-refractivity contribution < 1.29 is 5.11 Å². The highest BCUT2D eigenvalue weighted by Crippen LogP contribution is 2.25. The van der Waals surface area contributed by atoms with Crippen LogP contribution in [0.2, 0.25) is 0 Å². The molecule has 0 aliphatic carbocycles. The van der Waals surface area contributed by atoms with Gasteiger partial charge in [0, 0.05) is 49.9 Å². The third kappa shape index (κ3) is 6.98. The van der Waals surface area contributed by atoms with E-state index in [1.165, 1.54) is 17.1 Å². The number of nitrogens with zero attached hydrogens (tertiary/aromatic N) is 3. The number of guanidine groups is 1. The zero-order valence-electron chi connectivity index (χ0n) is 17.2. The van der Waals surface area contributed by atoms with Crippen molar-refractivity contribution in [3.63, 3.8) is 0 Å². The van der Waals surface area contributed by atoms with Crippen molar-refractivity contribution in [3.05, 3.63) is 30.3 Å². The molecule has 156 valence electrons. The second-order valence-corrected chi connectivity index (χ2v) is 8.98. The average Bonchev–Trinajstić information content (AvgIpc) is 3.20. The van der Waals surface area contributed by atoms with Gasteiger partial charge in [-0.2, -0.15) is 0 Å². The Morgan fingerprint density at radius 2 is 1.96 bits per heavy atom. The average molecular weight is 405 g/mol. The summed E-state index contributed by atoms with van der Waals surface area (Å²) in [5, 5.41) is 13.1. The number of hydrogen-bond acceptors (Lipinski definition) is 4. The topological polar surface area (TPSA) is 51.1 Å². The molecule has 2 heterocycles. The molecule has 0 saturated carbocycles. The first-order valence-corrected chi connectivity index (χ1v) is 11.8. The molecular weight excluding hydrogens is 368 g/mol. The highest BCUT2D eigenvalue weighted by atomic mass is 32.2. The van der Waals surface area contributed by atoms with Gasteiger partial charge in [-0.1, -0.05) is 18.2 Å². The molecule has 6 heteroatoms. The van der Waals surface area contributed by atoms with E-state index in [2.05, 4.69) is 52.4 Å². The number of aliphatic hydroxyl groups is 1. The van der Waals surface area contributed by atoms with Crippen molar-refractivity contribution in [2.24, 2.45) is 10.9 Å². The van der Waals surface area contributed by atoms with E-state index in [9.17, 15) is 5.11 Å². The lowest BCUT2D eigenvalue weighted by atomic mass is 10.1. The number of aliphatic imine (C=N–C) groups is 1. The molecule has 28 heavy (non-hydrogen) atoms. The van der Waals surface area contributed by atoms with Crippen LogP contribution < -0.4 is 5.32 Å². The van der Waals surface area contributed by atoms with Crippen LogP contribution in [0.15, 0.2) is 40.2 Å². The zero-order valence-corrected chi connectivity index (χ0v) is 18.0. The fourth-order valence-corrected chi connectivity index (χ4v) is 4.99. The van der Waals surface area contributed by atoms with Crippen molar-refractivity contribution >= 4 is 17.7 Å². The second-order valence-electron chi connectivity index (χ2n) is 7.89. The third-order valence-electron chi connectivity index (χ3n) is 5.60. The van der Waals surface area contributed by atoms with E-state index in [0.717, 1.165) is 77.0 Å². The summed E-state index contributed by atoms with van der Waals surface area (Å²) in [5.41, 5.74) is 0. The molecule has 1 aromatic rings. The van der Waals surface area contributed by atoms with Crippen LogP contribution in [-0.2, 0) is 0 Å². The first-order chi connectivity index (χ1) is 13.7. The Morgan fingerprint density at radius 1 is 1.18 bits per heavy atom. The number of likely N-dealkylation sites (tertiary alicyclic amines) is 2. The van der Waals surface area contributed by atoms with Crippen molar-refractivity contribution in [2.75, 3.05) is 51.6 Å². The van der Waals surface area contributed by atoms with E-state index in [-0.39, 0.29) is 6.10 Å². The molecule has 1 atom stereocenters. The molecule has 1 unspecified atom stereocenters. The summed E-state index contributed by atoms with van der Waals surface area (Å²) in [4.78, 5) is 11.2. The van der Waals surface area contributed by atoms with Crippen LogP contribution in [-0.4, -0.2) is 78.5 Å². The molecule has 0 radical (unpaired) electrons. The Morgan fingerprint density at radius 3 is 2.71 bits per heavy atom. The quantitative estimate of drug-likeness (QED) is 0.302. The van der Waals surface area contributed by atoms with Gasteiger partial charge in [-0.15, -0.1) is 11.8 Å². The van der Waals surface area contributed by atoms with Gasteiger partial charge in [0.25, 0.3) is 0 Å². The van der Waals surface area contributed by atoms with Crippen molar-refractivity contribution in [1.82, 2.24) is 15.1 Å². The Balaban J connectivity index is 1.39. The van der Waals surface area contributed by atoms with Gasteiger partial charge < -0.3 is 20.2 Å². The van der Waals surface area contributed by atoms with Gasteiger partial charge in [-0.05, 0) is 57.2 Å². The van der Waals surface area contributed by atoms with E-state index in [0.29, 0.717) is 0 Å². The van der Waals surface area contributed by atoms with Crippen LogP contribution in [0.25, 0.3) is 0 Å². The van der Waals surface area contributed by atoms with Crippen LogP contribution >= 0.6 is 11.8 Å². The molecule has 0 bridgehead atoms. The highest BCUT2D eigenvalue weighted by molar-refractivity contribution is 7.99. The van der Waals surface area contributed by atoms with Crippen LogP contribution in [0.3, 0.4) is 0 Å². The number of piperidine rings is 1. The fourth-order valence-electron chi connectivity index (χ4n) is 3.94. The predicted molar refractivity (Wildman–Crippen MR) is 119 cm³/mol. The summed E-state index contributed by atoms with van der Waals surface area (Å²) < 4.78 is 0. The molecule has 0 aromatic heterocycles. The largest absolute Gasteiger partial charge is 0.393 e. The lowest BCUT2D eigenvalue weighted by molar-refractivity contribution is 0.0824. The maximum atomic E-state index is 9.61. The normalized spacial score (nSPS) is 22.0. The minimum Gasteiger partial charge on any atom is -0.393 e. The first-order valence-electron chi connectivity index (χ1n) is 10.9. The van der Waals surface area contributed by atoms with E-state index in [1.54, 1.807) is 0 Å². The standard InChI is InChI=1S/C22H36N4OS/c1-2-23-22(24-12-6-13-25-14-10-20(27)11-15-25)26-16-9-19(17-26)18-28-21-7-4-3-5-8-21/h3-5,7-8,19-20,27H,2,6,9-18H2,1H3,(H,23,24). The maximum absolute atomic E-state index is 9.61. The Kier molecular flexibility index (Phi) is 8.96. The molecule has 2 saturated heterocycles. The number of benzene rings is 1. The zero-order chi connectivity index (χ0) is 19.6. The Hall–Kier alpha value is -1.24. The van der Waals surface area contributed by atoms with Crippen molar-refractivity contribution in [1.29, 1.82) is 0 Å². The number of nitrogens with one attached hydrogen (secondary N) is 1.